The Morgan fingerprint density at radius 3 is 2.52 bits per heavy atom. The molecule has 2 heterocycles. The predicted molar refractivity (Wildman–Crippen MR) is 91.6 cm³/mol. The largest absolute Gasteiger partial charge is 0.507 e. The number of nitrogens with zero attached hydrogens (tertiary/aromatic N) is 3. The molecule has 0 unspecified atom stereocenters. The van der Waals surface area contributed by atoms with E-state index in [1.165, 1.54) is 29.9 Å². The second-order valence-electron chi connectivity index (χ2n) is 5.54. The summed E-state index contributed by atoms with van der Waals surface area (Å²) in [5.41, 5.74) is 1.67. The van der Waals surface area contributed by atoms with Gasteiger partial charge in [0.2, 0.25) is 0 Å². The number of rotatable bonds is 4. The van der Waals surface area contributed by atoms with E-state index < -0.39 is 9.84 Å². The number of hydrogen-bond acceptors (Lipinski definition) is 6. The van der Waals surface area contributed by atoms with Crippen molar-refractivity contribution in [2.45, 2.75) is 11.8 Å². The van der Waals surface area contributed by atoms with Gasteiger partial charge in [0.15, 0.2) is 21.4 Å². The van der Waals surface area contributed by atoms with Crippen LogP contribution in [0.25, 0.3) is 17.1 Å². The van der Waals surface area contributed by atoms with E-state index in [2.05, 4.69) is 10.1 Å². The zero-order valence-electron chi connectivity index (χ0n) is 13.5. The molecule has 0 aliphatic heterocycles. The Hall–Kier alpha value is -3.00. The molecule has 0 saturated heterocycles. The third-order valence-corrected chi connectivity index (χ3v) is 4.81. The van der Waals surface area contributed by atoms with Gasteiger partial charge in [0.1, 0.15) is 10.6 Å². The number of pyridine rings is 1. The number of Topliss-reactive ketones (excluding diaryl/α,β-unsaturated/α-hetero) is 1. The number of aromatic nitrogens is 3. The molecular weight excluding hydrogens is 342 g/mol. The third-order valence-electron chi connectivity index (χ3n) is 3.67. The van der Waals surface area contributed by atoms with Gasteiger partial charge in [-0.25, -0.2) is 18.1 Å². The van der Waals surface area contributed by atoms with Crippen LogP contribution in [0.4, 0.5) is 0 Å². The van der Waals surface area contributed by atoms with Crippen LogP contribution in [-0.2, 0) is 9.84 Å². The monoisotopic (exact) mass is 357 g/mol. The molecule has 0 atom stereocenters. The lowest BCUT2D eigenvalue weighted by Crippen LogP contribution is -2.04. The Kier molecular flexibility index (Phi) is 4.13. The zero-order valence-corrected chi connectivity index (χ0v) is 14.4. The topological polar surface area (TPSA) is 102 Å². The Labute approximate surface area is 144 Å². The molecule has 7 nitrogen and oxygen atoms in total. The molecular formula is C17H15N3O4S. The van der Waals surface area contributed by atoms with Crippen molar-refractivity contribution in [2.24, 2.45) is 0 Å². The van der Waals surface area contributed by atoms with E-state index in [1.54, 1.807) is 30.5 Å². The van der Waals surface area contributed by atoms with Gasteiger partial charge in [0.05, 0.1) is 11.9 Å². The first-order chi connectivity index (χ1) is 11.8. The second kappa shape index (κ2) is 6.14. The highest BCUT2D eigenvalue weighted by molar-refractivity contribution is 7.90. The fourth-order valence-corrected chi connectivity index (χ4v) is 3.20. The van der Waals surface area contributed by atoms with E-state index in [9.17, 15) is 18.3 Å². The molecule has 128 valence electrons. The van der Waals surface area contributed by atoms with Crippen LogP contribution in [0.2, 0.25) is 0 Å². The van der Waals surface area contributed by atoms with Gasteiger partial charge in [0.25, 0.3) is 0 Å². The van der Waals surface area contributed by atoms with Crippen molar-refractivity contribution >= 4 is 15.6 Å². The highest BCUT2D eigenvalue weighted by Gasteiger charge is 2.16. The molecule has 0 amide bonds. The lowest BCUT2D eigenvalue weighted by molar-refractivity contribution is 0.101. The molecule has 0 aliphatic carbocycles. The molecule has 3 rings (SSSR count). The van der Waals surface area contributed by atoms with Gasteiger partial charge in [-0.1, -0.05) is 6.07 Å². The smallest absolute Gasteiger partial charge is 0.179 e. The van der Waals surface area contributed by atoms with Gasteiger partial charge in [-0.15, -0.1) is 0 Å². The fourth-order valence-electron chi connectivity index (χ4n) is 2.45. The standard InChI is InChI=1S/C17H15N3O4S/c1-11(21)12-5-7-18-17(10-12)20-14(6-8-19-20)13-3-4-16(15(22)9-13)25(2,23)24/h3-10,22H,1-2H3. The second-order valence-corrected chi connectivity index (χ2v) is 7.53. The molecule has 3 aromatic rings. The van der Waals surface area contributed by atoms with Gasteiger partial charge < -0.3 is 5.11 Å². The number of benzene rings is 1. The van der Waals surface area contributed by atoms with Crippen LogP contribution in [0.5, 0.6) is 5.75 Å². The van der Waals surface area contributed by atoms with Crippen molar-refractivity contribution in [1.29, 1.82) is 0 Å². The quantitative estimate of drug-likeness (QED) is 0.719. The Balaban J connectivity index is 2.10. The molecule has 0 radical (unpaired) electrons. The minimum atomic E-state index is -3.52. The van der Waals surface area contributed by atoms with Crippen molar-refractivity contribution in [3.05, 3.63) is 54.4 Å². The summed E-state index contributed by atoms with van der Waals surface area (Å²) in [5.74, 6) is 0.0186. The number of hydrogen-bond donors (Lipinski definition) is 1. The summed E-state index contributed by atoms with van der Waals surface area (Å²) in [7, 11) is -3.52. The average molecular weight is 357 g/mol. The first kappa shape index (κ1) is 16.8. The fraction of sp³-hybridized carbons (Fsp3) is 0.118. The summed E-state index contributed by atoms with van der Waals surface area (Å²) in [5, 5.41) is 14.2. The number of aromatic hydroxyl groups is 1. The number of ketones is 1. The maximum absolute atomic E-state index is 11.6. The normalized spacial score (nSPS) is 11.4. The van der Waals surface area contributed by atoms with Crippen molar-refractivity contribution in [3.63, 3.8) is 0 Å². The molecule has 2 aromatic heterocycles. The Morgan fingerprint density at radius 2 is 1.88 bits per heavy atom. The minimum absolute atomic E-state index is 0.0903. The van der Waals surface area contributed by atoms with Crippen molar-refractivity contribution < 1.29 is 18.3 Å². The minimum Gasteiger partial charge on any atom is -0.507 e. The summed E-state index contributed by atoms with van der Waals surface area (Å²) in [6.45, 7) is 1.46. The number of phenols is 1. The number of carbonyl (C=O) groups is 1. The molecule has 0 aliphatic rings. The molecule has 25 heavy (non-hydrogen) atoms. The third kappa shape index (κ3) is 3.29. The van der Waals surface area contributed by atoms with Crippen LogP contribution in [0.15, 0.2) is 53.7 Å². The molecule has 0 spiro atoms. The van der Waals surface area contributed by atoms with E-state index in [4.69, 9.17) is 0 Å². The molecule has 1 N–H and O–H groups in total. The van der Waals surface area contributed by atoms with E-state index >= 15 is 0 Å². The maximum atomic E-state index is 11.6. The van der Waals surface area contributed by atoms with E-state index in [0.717, 1.165) is 6.26 Å². The van der Waals surface area contributed by atoms with Gasteiger partial charge in [-0.3, -0.25) is 4.79 Å². The predicted octanol–water partition coefficient (Wildman–Crippen LogP) is 2.25. The first-order valence-electron chi connectivity index (χ1n) is 7.32. The van der Waals surface area contributed by atoms with Crippen LogP contribution >= 0.6 is 0 Å². The van der Waals surface area contributed by atoms with Crippen LogP contribution in [0.1, 0.15) is 17.3 Å². The van der Waals surface area contributed by atoms with Gasteiger partial charge >= 0.3 is 0 Å². The summed E-state index contributed by atoms with van der Waals surface area (Å²) < 4.78 is 24.8. The zero-order chi connectivity index (χ0) is 18.2. The lowest BCUT2D eigenvalue weighted by atomic mass is 10.1. The Morgan fingerprint density at radius 1 is 1.12 bits per heavy atom. The molecule has 0 fully saturated rings. The highest BCUT2D eigenvalue weighted by Crippen LogP contribution is 2.30. The average Bonchev–Trinajstić information content (AvgIpc) is 3.03. The summed E-state index contributed by atoms with van der Waals surface area (Å²) in [6.07, 6.45) is 4.10. The van der Waals surface area contributed by atoms with Gasteiger partial charge in [-0.05, 0) is 37.3 Å². The van der Waals surface area contributed by atoms with Crippen molar-refractivity contribution in [1.82, 2.24) is 14.8 Å². The van der Waals surface area contributed by atoms with Crippen LogP contribution < -0.4 is 0 Å². The molecule has 0 saturated carbocycles. The van der Waals surface area contributed by atoms with Gasteiger partial charge in [0, 0.05) is 23.6 Å². The number of carbonyl (C=O) groups excluding carboxylic acids is 1. The summed E-state index contributed by atoms with van der Waals surface area (Å²) >= 11 is 0. The molecule has 1 aromatic carbocycles. The number of sulfone groups is 1. The van der Waals surface area contributed by atoms with Crippen molar-refractivity contribution in [2.75, 3.05) is 6.26 Å². The SMILES string of the molecule is CC(=O)c1ccnc(-n2nccc2-c2ccc(S(C)(=O)=O)c(O)c2)c1. The van der Waals surface area contributed by atoms with E-state index in [0.29, 0.717) is 22.6 Å². The van der Waals surface area contributed by atoms with Crippen LogP contribution in [-0.4, -0.2) is 40.3 Å². The van der Waals surface area contributed by atoms with E-state index in [-0.39, 0.29) is 16.4 Å². The first-order valence-corrected chi connectivity index (χ1v) is 9.21. The Bertz CT molecular complexity index is 1070. The molecule has 0 bridgehead atoms. The maximum Gasteiger partial charge on any atom is 0.179 e. The van der Waals surface area contributed by atoms with Crippen LogP contribution in [0.3, 0.4) is 0 Å². The van der Waals surface area contributed by atoms with Gasteiger partial charge in [-0.2, -0.15) is 5.10 Å². The van der Waals surface area contributed by atoms with Crippen LogP contribution in [0, 0.1) is 0 Å². The molecule has 8 heteroatoms. The lowest BCUT2D eigenvalue weighted by Gasteiger charge is -2.09. The summed E-state index contributed by atoms with van der Waals surface area (Å²) in [4.78, 5) is 15.6. The van der Waals surface area contributed by atoms with Crippen molar-refractivity contribution in [3.8, 4) is 22.8 Å². The van der Waals surface area contributed by atoms with E-state index in [1.807, 2.05) is 0 Å². The number of phenolic OH excluding ortho intramolecular Hbond substituents is 1. The summed E-state index contributed by atoms with van der Waals surface area (Å²) in [6, 6.07) is 9.22. The highest BCUT2D eigenvalue weighted by atomic mass is 32.2.